The van der Waals surface area contributed by atoms with Crippen LogP contribution in [-0.4, -0.2) is 82.5 Å². The van der Waals surface area contributed by atoms with Gasteiger partial charge < -0.3 is 35.4 Å². The molecule has 0 amide bonds. The van der Waals surface area contributed by atoms with Crippen LogP contribution in [0.2, 0.25) is 0 Å². The smallest absolute Gasteiger partial charge is 0.0770 e. The molecule has 0 aliphatic rings. The summed E-state index contributed by atoms with van der Waals surface area (Å²) in [5.74, 6) is 1.27. The quantitative estimate of drug-likeness (QED) is 0.0414. The molecule has 7 heteroatoms. The van der Waals surface area contributed by atoms with Crippen LogP contribution in [0, 0.1) is 11.8 Å². The van der Waals surface area contributed by atoms with E-state index in [-0.39, 0.29) is 26.4 Å². The van der Waals surface area contributed by atoms with Gasteiger partial charge in [-0.3, -0.25) is 0 Å². The minimum absolute atomic E-state index is 0.145. The lowest BCUT2D eigenvalue weighted by Gasteiger charge is -2.17. The molecule has 0 bridgehead atoms. The molecule has 0 aliphatic carbocycles. The summed E-state index contributed by atoms with van der Waals surface area (Å²) in [6.45, 7) is 2.03. The summed E-state index contributed by atoms with van der Waals surface area (Å²) in [5.41, 5.74) is 0. The van der Waals surface area contributed by atoms with E-state index >= 15 is 0 Å². The van der Waals surface area contributed by atoms with Crippen molar-refractivity contribution in [1.82, 2.24) is 0 Å². The molecule has 4 unspecified atom stereocenters. The largest absolute Gasteiger partial charge is 0.396 e. The van der Waals surface area contributed by atoms with Gasteiger partial charge in [0.05, 0.1) is 25.4 Å². The van der Waals surface area contributed by atoms with Crippen LogP contribution in [0.1, 0.15) is 167 Å². The van der Waals surface area contributed by atoms with Gasteiger partial charge in [0.2, 0.25) is 0 Å². The summed E-state index contributed by atoms with van der Waals surface area (Å²) >= 11 is 0. The van der Waals surface area contributed by atoms with E-state index in [0.29, 0.717) is 24.7 Å². The third-order valence-electron chi connectivity index (χ3n) is 9.06. The highest BCUT2D eigenvalue weighted by Gasteiger charge is 2.11. The summed E-state index contributed by atoms with van der Waals surface area (Å²) < 4.78 is 5.85. The zero-order valence-corrected chi connectivity index (χ0v) is 28.0. The molecule has 0 fully saturated rings. The molecule has 0 radical (unpaired) electrons. The average molecular weight is 619 g/mol. The van der Waals surface area contributed by atoms with Gasteiger partial charge in [-0.05, 0) is 63.2 Å². The van der Waals surface area contributed by atoms with E-state index in [2.05, 4.69) is 0 Å². The summed E-state index contributed by atoms with van der Waals surface area (Å²) in [6.07, 6.45) is 28.4. The first-order chi connectivity index (χ1) is 21.1. The fourth-order valence-corrected chi connectivity index (χ4v) is 6.24. The van der Waals surface area contributed by atoms with Crippen molar-refractivity contribution < 1.29 is 35.4 Å². The predicted molar refractivity (Wildman–Crippen MR) is 178 cm³/mol. The Bertz CT molecular complexity index is 478. The lowest BCUT2D eigenvalue weighted by Crippen LogP contribution is -2.12. The zero-order valence-electron chi connectivity index (χ0n) is 28.0. The maximum Gasteiger partial charge on any atom is 0.0770 e. The van der Waals surface area contributed by atoms with Crippen molar-refractivity contribution in [1.29, 1.82) is 0 Å². The Morgan fingerprint density at radius 2 is 0.628 bits per heavy atom. The van der Waals surface area contributed by atoms with Gasteiger partial charge >= 0.3 is 0 Å². The molecule has 4 atom stereocenters. The first kappa shape index (κ1) is 42.7. The molecule has 7 nitrogen and oxygen atoms in total. The molecule has 0 aliphatic heterocycles. The van der Waals surface area contributed by atoms with Crippen molar-refractivity contribution in [2.24, 2.45) is 11.8 Å². The highest BCUT2D eigenvalue weighted by molar-refractivity contribution is 4.64. The van der Waals surface area contributed by atoms with E-state index in [4.69, 9.17) is 25.2 Å². The van der Waals surface area contributed by atoms with Crippen molar-refractivity contribution in [3.8, 4) is 0 Å². The minimum atomic E-state index is -0.582. The fraction of sp³-hybridized carbons (Fsp3) is 1.00. The average Bonchev–Trinajstić information content (AvgIpc) is 3.02. The molecule has 260 valence electrons. The summed E-state index contributed by atoms with van der Waals surface area (Å²) in [7, 11) is 0. The zero-order chi connectivity index (χ0) is 31.6. The van der Waals surface area contributed by atoms with Gasteiger partial charge in [0.1, 0.15) is 0 Å². The third kappa shape index (κ3) is 31.5. The van der Waals surface area contributed by atoms with Crippen LogP contribution in [0.4, 0.5) is 0 Å². The van der Waals surface area contributed by atoms with Crippen molar-refractivity contribution in [3.63, 3.8) is 0 Å². The molecular weight excluding hydrogens is 544 g/mol. The molecule has 0 heterocycles. The second-order valence-corrected chi connectivity index (χ2v) is 13.1. The van der Waals surface area contributed by atoms with Gasteiger partial charge in [-0.25, -0.2) is 0 Å². The topological polar surface area (TPSA) is 131 Å². The van der Waals surface area contributed by atoms with Crippen molar-refractivity contribution in [2.45, 2.75) is 179 Å². The molecule has 0 aromatic rings. The van der Waals surface area contributed by atoms with Crippen LogP contribution in [0.25, 0.3) is 0 Å². The molecular formula is C36H74O7. The Hall–Kier alpha value is -0.280. The molecule has 0 rings (SSSR count). The molecule has 0 aromatic heterocycles. The second kappa shape index (κ2) is 34.6. The first-order valence-electron chi connectivity index (χ1n) is 18.4. The third-order valence-corrected chi connectivity index (χ3v) is 9.06. The maximum atomic E-state index is 9.53. The SMILES string of the molecule is OCCCC(CCCCCCCCCOCCCCCCCCCC(CCCO)CCCC(O)CO)CCCC(O)CO. The van der Waals surface area contributed by atoms with Gasteiger partial charge in [0.25, 0.3) is 0 Å². The van der Waals surface area contributed by atoms with Crippen LogP contribution in [0.5, 0.6) is 0 Å². The summed E-state index contributed by atoms with van der Waals surface area (Å²) in [5, 5.41) is 55.3. The summed E-state index contributed by atoms with van der Waals surface area (Å²) in [4.78, 5) is 0. The Morgan fingerprint density at radius 3 is 0.977 bits per heavy atom. The van der Waals surface area contributed by atoms with Gasteiger partial charge in [-0.1, -0.05) is 116 Å². The molecule has 0 spiro atoms. The van der Waals surface area contributed by atoms with Crippen LogP contribution in [-0.2, 0) is 4.74 Å². The van der Waals surface area contributed by atoms with Crippen molar-refractivity contribution >= 4 is 0 Å². The standard InChI is InChI=1S/C36H74O7/c37-27-17-23-33(21-15-25-35(41)31-39)19-11-7-3-1-5-9-13-29-43-30-14-10-6-2-4-8-12-20-34(24-18-28-38)22-16-26-36(42)32-40/h33-42H,1-32H2. The van der Waals surface area contributed by atoms with Crippen molar-refractivity contribution in [3.05, 3.63) is 0 Å². The second-order valence-electron chi connectivity index (χ2n) is 13.1. The van der Waals surface area contributed by atoms with Gasteiger partial charge in [-0.15, -0.1) is 0 Å². The van der Waals surface area contributed by atoms with Crippen LogP contribution in [0.3, 0.4) is 0 Å². The first-order valence-corrected chi connectivity index (χ1v) is 18.4. The Morgan fingerprint density at radius 1 is 0.326 bits per heavy atom. The monoisotopic (exact) mass is 619 g/mol. The predicted octanol–water partition coefficient (Wildman–Crippen LogP) is 7.07. The highest BCUT2D eigenvalue weighted by Crippen LogP contribution is 2.24. The van der Waals surface area contributed by atoms with Gasteiger partial charge in [0.15, 0.2) is 0 Å². The summed E-state index contributed by atoms with van der Waals surface area (Å²) in [6, 6.07) is 0. The lowest BCUT2D eigenvalue weighted by atomic mass is 9.90. The van der Waals surface area contributed by atoms with E-state index in [1.54, 1.807) is 0 Å². The highest BCUT2D eigenvalue weighted by atomic mass is 16.5. The number of unbranched alkanes of at least 4 members (excludes halogenated alkanes) is 12. The van der Waals surface area contributed by atoms with E-state index in [1.807, 2.05) is 0 Å². The number of hydrogen-bond donors (Lipinski definition) is 6. The number of rotatable bonds is 36. The Balaban J connectivity index is 3.50. The van der Waals surface area contributed by atoms with Gasteiger partial charge in [-0.2, -0.15) is 0 Å². The molecule has 6 N–H and O–H groups in total. The molecule has 0 saturated carbocycles. The molecule has 43 heavy (non-hydrogen) atoms. The molecule has 0 aromatic carbocycles. The fourth-order valence-electron chi connectivity index (χ4n) is 6.24. The minimum Gasteiger partial charge on any atom is -0.396 e. The lowest BCUT2D eigenvalue weighted by molar-refractivity contribution is 0.0845. The molecule has 0 saturated heterocycles. The van der Waals surface area contributed by atoms with Crippen molar-refractivity contribution in [2.75, 3.05) is 39.6 Å². The number of aliphatic hydroxyl groups excluding tert-OH is 6. The van der Waals surface area contributed by atoms with E-state index in [1.165, 1.54) is 103 Å². The van der Waals surface area contributed by atoms with Gasteiger partial charge in [0, 0.05) is 26.4 Å². The maximum absolute atomic E-state index is 9.53. The number of hydrogen-bond acceptors (Lipinski definition) is 7. The Kier molecular flexibility index (Phi) is 34.4. The van der Waals surface area contributed by atoms with E-state index < -0.39 is 12.2 Å². The number of ether oxygens (including phenoxy) is 1. The van der Waals surface area contributed by atoms with Crippen LogP contribution < -0.4 is 0 Å². The Labute approximate surface area is 265 Å². The number of aliphatic hydroxyl groups is 6. The normalized spacial score (nSPS) is 14.7. The van der Waals surface area contributed by atoms with E-state index in [0.717, 1.165) is 64.6 Å². The van der Waals surface area contributed by atoms with E-state index in [9.17, 15) is 10.2 Å². The van der Waals surface area contributed by atoms with Crippen LogP contribution in [0.15, 0.2) is 0 Å². The van der Waals surface area contributed by atoms with Crippen LogP contribution >= 0.6 is 0 Å².